The highest BCUT2D eigenvalue weighted by Gasteiger charge is 2.29. The standard InChI is InChI=1S/C19H21FN8O5S/c1-7-3-11(15(29)25-10(18(32)33)4-9(20)17(30)31)34-16(7)28(2)6-8-5-23-14-12(24-8)13(21)26-19(22)27-14/h3,5,9-10H,4,6H2,1-2H3,(H,25,29)(H,30,31)(H,32,33)(H4,21,22,23,26,27)/t9?,10-/m0/s1. The van der Waals surface area contributed by atoms with Crippen LogP contribution in [-0.4, -0.2) is 67.3 Å². The van der Waals surface area contributed by atoms with E-state index in [2.05, 4.69) is 25.3 Å². The molecule has 2 atom stereocenters. The summed E-state index contributed by atoms with van der Waals surface area (Å²) in [6.45, 7) is 2.05. The van der Waals surface area contributed by atoms with Crippen molar-refractivity contribution in [2.24, 2.45) is 0 Å². The molecule has 0 aromatic carbocycles. The lowest BCUT2D eigenvalue weighted by atomic mass is 10.1. The van der Waals surface area contributed by atoms with Crippen molar-refractivity contribution in [1.82, 2.24) is 25.3 Å². The molecule has 3 aromatic heterocycles. The molecular weight excluding hydrogens is 471 g/mol. The molecule has 3 heterocycles. The van der Waals surface area contributed by atoms with Crippen molar-refractivity contribution in [2.75, 3.05) is 23.4 Å². The summed E-state index contributed by atoms with van der Waals surface area (Å²) in [7, 11) is 1.76. The van der Waals surface area contributed by atoms with E-state index in [-0.39, 0.29) is 28.8 Å². The number of fused-ring (bicyclic) bond motifs is 1. The number of nitrogens with two attached hydrogens (primary N) is 2. The summed E-state index contributed by atoms with van der Waals surface area (Å²) < 4.78 is 13.5. The zero-order valence-electron chi connectivity index (χ0n) is 18.0. The highest BCUT2D eigenvalue weighted by Crippen LogP contribution is 2.31. The number of carboxylic acids is 2. The van der Waals surface area contributed by atoms with Crippen LogP contribution < -0.4 is 21.7 Å². The Labute approximate surface area is 195 Å². The number of nitrogens with one attached hydrogen (secondary N) is 1. The highest BCUT2D eigenvalue weighted by molar-refractivity contribution is 7.18. The Morgan fingerprint density at radius 1 is 1.21 bits per heavy atom. The van der Waals surface area contributed by atoms with Gasteiger partial charge in [-0.25, -0.2) is 23.9 Å². The molecule has 3 rings (SSSR count). The number of rotatable bonds is 9. The van der Waals surface area contributed by atoms with E-state index in [0.29, 0.717) is 16.2 Å². The van der Waals surface area contributed by atoms with Crippen LogP contribution in [0.1, 0.15) is 27.3 Å². The molecule has 0 saturated carbocycles. The molecule has 15 heteroatoms. The number of hydrogen-bond acceptors (Lipinski definition) is 11. The minimum absolute atomic E-state index is 0.0145. The molecule has 1 unspecified atom stereocenters. The molecule has 13 nitrogen and oxygen atoms in total. The Balaban J connectivity index is 1.75. The maximum Gasteiger partial charge on any atom is 0.338 e. The third-order valence-electron chi connectivity index (χ3n) is 4.68. The summed E-state index contributed by atoms with van der Waals surface area (Å²) in [5.74, 6) is -4.02. The van der Waals surface area contributed by atoms with Gasteiger partial charge in [0.05, 0.1) is 28.3 Å². The van der Waals surface area contributed by atoms with Crippen LogP contribution in [0.15, 0.2) is 12.3 Å². The molecule has 34 heavy (non-hydrogen) atoms. The minimum atomic E-state index is -2.42. The molecule has 0 aliphatic heterocycles. The normalized spacial score (nSPS) is 12.8. The Hall–Kier alpha value is -4.14. The van der Waals surface area contributed by atoms with Crippen molar-refractivity contribution in [1.29, 1.82) is 0 Å². The number of nitrogen functional groups attached to an aromatic ring is 2. The fraction of sp³-hybridized carbons (Fsp3) is 0.316. The second kappa shape index (κ2) is 9.78. The van der Waals surface area contributed by atoms with Gasteiger partial charge in [-0.1, -0.05) is 0 Å². The van der Waals surface area contributed by atoms with Crippen LogP contribution >= 0.6 is 11.3 Å². The number of thiophene rings is 1. The van der Waals surface area contributed by atoms with Gasteiger partial charge in [-0.05, 0) is 18.6 Å². The maximum absolute atomic E-state index is 13.5. The van der Waals surface area contributed by atoms with Gasteiger partial charge in [0.1, 0.15) is 6.04 Å². The van der Waals surface area contributed by atoms with Gasteiger partial charge < -0.3 is 31.9 Å². The number of nitrogens with zero attached hydrogens (tertiary/aromatic N) is 5. The number of aliphatic carboxylic acids is 2. The molecule has 0 bridgehead atoms. The second-order valence-corrected chi connectivity index (χ2v) is 8.39. The largest absolute Gasteiger partial charge is 0.480 e. The molecule has 0 fully saturated rings. The van der Waals surface area contributed by atoms with Crippen molar-refractivity contribution in [2.45, 2.75) is 32.1 Å². The van der Waals surface area contributed by atoms with E-state index in [1.807, 2.05) is 0 Å². The zero-order valence-corrected chi connectivity index (χ0v) is 18.8. The first-order valence-corrected chi connectivity index (χ1v) is 10.5. The van der Waals surface area contributed by atoms with E-state index in [4.69, 9.17) is 16.6 Å². The van der Waals surface area contributed by atoms with Gasteiger partial charge in [0.15, 0.2) is 23.2 Å². The van der Waals surface area contributed by atoms with Crippen molar-refractivity contribution < 1.29 is 29.0 Å². The van der Waals surface area contributed by atoms with Crippen LogP contribution in [0.25, 0.3) is 11.2 Å². The maximum atomic E-state index is 13.5. The quantitative estimate of drug-likeness (QED) is 0.278. The fourth-order valence-corrected chi connectivity index (χ4v) is 4.13. The smallest absolute Gasteiger partial charge is 0.338 e. The lowest BCUT2D eigenvalue weighted by Crippen LogP contribution is -2.43. The van der Waals surface area contributed by atoms with Gasteiger partial charge in [-0.3, -0.25) is 4.79 Å². The summed E-state index contributed by atoms with van der Waals surface area (Å²) in [6, 6.07) is -0.146. The summed E-state index contributed by atoms with van der Waals surface area (Å²) in [5, 5.41) is 20.7. The predicted octanol–water partition coefficient (Wildman–Crippen LogP) is 0.586. The number of halogens is 1. The summed E-state index contributed by atoms with van der Waals surface area (Å²) >= 11 is 1.08. The number of anilines is 3. The molecule has 180 valence electrons. The van der Waals surface area contributed by atoms with E-state index in [0.717, 1.165) is 16.9 Å². The Morgan fingerprint density at radius 3 is 2.56 bits per heavy atom. The number of carbonyl (C=O) groups is 3. The second-order valence-electron chi connectivity index (χ2n) is 7.36. The van der Waals surface area contributed by atoms with E-state index < -0.39 is 36.5 Å². The summed E-state index contributed by atoms with van der Waals surface area (Å²) in [4.78, 5) is 53.0. The summed E-state index contributed by atoms with van der Waals surface area (Å²) in [6.07, 6.45) is -1.81. The Kier molecular flexibility index (Phi) is 7.05. The monoisotopic (exact) mass is 492 g/mol. The van der Waals surface area contributed by atoms with Gasteiger partial charge in [0.25, 0.3) is 5.91 Å². The van der Waals surface area contributed by atoms with E-state index in [1.54, 1.807) is 24.9 Å². The first-order valence-electron chi connectivity index (χ1n) is 9.73. The topological polar surface area (TPSA) is 211 Å². The van der Waals surface area contributed by atoms with Crippen LogP contribution in [0.5, 0.6) is 0 Å². The molecule has 0 spiro atoms. The Morgan fingerprint density at radius 2 is 1.91 bits per heavy atom. The molecular formula is C19H21FN8O5S. The van der Waals surface area contributed by atoms with Crippen LogP contribution in [0, 0.1) is 6.92 Å². The van der Waals surface area contributed by atoms with Crippen LogP contribution in [-0.2, 0) is 16.1 Å². The molecule has 0 aliphatic rings. The molecule has 7 N–H and O–H groups in total. The van der Waals surface area contributed by atoms with Gasteiger partial charge >= 0.3 is 11.9 Å². The van der Waals surface area contributed by atoms with Crippen LogP contribution in [0.4, 0.5) is 21.2 Å². The number of aromatic nitrogens is 4. The number of carboxylic acid groups (broad SMARTS) is 2. The van der Waals surface area contributed by atoms with Gasteiger partial charge in [-0.2, -0.15) is 9.97 Å². The molecule has 0 radical (unpaired) electrons. The van der Waals surface area contributed by atoms with Crippen LogP contribution in [0.2, 0.25) is 0 Å². The first-order chi connectivity index (χ1) is 16.0. The van der Waals surface area contributed by atoms with Crippen molar-refractivity contribution in [3.8, 4) is 0 Å². The predicted molar refractivity (Wildman–Crippen MR) is 121 cm³/mol. The first kappa shape index (κ1) is 24.5. The van der Waals surface area contributed by atoms with E-state index in [9.17, 15) is 23.9 Å². The number of amides is 1. The molecule has 0 aliphatic carbocycles. The minimum Gasteiger partial charge on any atom is -0.480 e. The number of alkyl halides is 1. The van der Waals surface area contributed by atoms with Gasteiger partial charge in [0.2, 0.25) is 5.95 Å². The number of aryl methyl sites for hydroxylation is 1. The third-order valence-corrected chi connectivity index (χ3v) is 6.03. The number of hydrogen-bond donors (Lipinski definition) is 5. The molecule has 0 saturated heterocycles. The SMILES string of the molecule is Cc1cc(C(=O)N[C@@H](CC(F)C(=O)O)C(=O)O)sc1N(C)Cc1cnc2nc(N)nc(N)c2n1. The van der Waals surface area contributed by atoms with Gasteiger partial charge in [0, 0.05) is 13.5 Å². The van der Waals surface area contributed by atoms with Crippen molar-refractivity contribution in [3.05, 3.63) is 28.4 Å². The Bertz CT molecular complexity index is 1270. The van der Waals surface area contributed by atoms with Crippen molar-refractivity contribution in [3.63, 3.8) is 0 Å². The summed E-state index contributed by atoms with van der Waals surface area (Å²) in [5.41, 5.74) is 13.2. The molecule has 3 aromatic rings. The van der Waals surface area contributed by atoms with E-state index in [1.165, 1.54) is 6.20 Å². The fourth-order valence-electron chi connectivity index (χ4n) is 3.10. The lowest BCUT2D eigenvalue weighted by Gasteiger charge is -2.18. The number of carbonyl (C=O) groups excluding carboxylic acids is 1. The average Bonchev–Trinajstić information content (AvgIpc) is 3.15. The van der Waals surface area contributed by atoms with Crippen molar-refractivity contribution >= 4 is 57.1 Å². The molecule has 1 amide bonds. The van der Waals surface area contributed by atoms with Gasteiger partial charge in [-0.15, -0.1) is 11.3 Å². The lowest BCUT2D eigenvalue weighted by molar-refractivity contribution is -0.145. The average molecular weight is 492 g/mol. The third kappa shape index (κ3) is 5.43. The van der Waals surface area contributed by atoms with E-state index >= 15 is 0 Å². The highest BCUT2D eigenvalue weighted by atomic mass is 32.1. The van der Waals surface area contributed by atoms with Crippen LogP contribution in [0.3, 0.4) is 0 Å². The zero-order chi connectivity index (χ0) is 25.2.